The number of nitrogens with one attached hydrogen (secondary N) is 2. The molecule has 0 saturated carbocycles. The highest BCUT2D eigenvalue weighted by Crippen LogP contribution is 2.40. The second kappa shape index (κ2) is 9.74. The summed E-state index contributed by atoms with van der Waals surface area (Å²) >= 11 is 0. The predicted octanol–water partition coefficient (Wildman–Crippen LogP) is 4.55. The van der Waals surface area contributed by atoms with Crippen molar-refractivity contribution in [3.05, 3.63) is 72.2 Å². The van der Waals surface area contributed by atoms with Crippen LogP contribution in [0.1, 0.15) is 48.7 Å². The highest BCUT2D eigenvalue weighted by Gasteiger charge is 2.45. The third kappa shape index (κ3) is 4.27. The smallest absolute Gasteiger partial charge is 0.252 e. The lowest BCUT2D eigenvalue weighted by Gasteiger charge is -2.23. The molecule has 3 heterocycles. The van der Waals surface area contributed by atoms with E-state index >= 15 is 0 Å². The number of aliphatic hydroxyl groups is 1. The molecule has 4 aromatic rings. The highest BCUT2D eigenvalue weighted by molar-refractivity contribution is 6.07. The van der Waals surface area contributed by atoms with Gasteiger partial charge in [0.25, 0.3) is 5.89 Å². The van der Waals surface area contributed by atoms with Crippen LogP contribution >= 0.6 is 0 Å². The largest absolute Gasteiger partial charge is 0.478 e. The molecular formula is C26H26N6O4. The third-order valence-electron chi connectivity index (χ3n) is 6.42. The molecule has 3 N–H and O–H groups in total. The Labute approximate surface area is 207 Å². The van der Waals surface area contributed by atoms with E-state index in [0.717, 1.165) is 5.56 Å². The number of fused-ring (bicyclic) bond motifs is 1. The van der Waals surface area contributed by atoms with Gasteiger partial charge in [-0.15, -0.1) is 10.2 Å². The number of benzene rings is 2. The first-order valence-corrected chi connectivity index (χ1v) is 11.8. The Hall–Kier alpha value is -4.31. The quantitative estimate of drug-likeness (QED) is 0.309. The van der Waals surface area contributed by atoms with Crippen LogP contribution in [0.5, 0.6) is 5.75 Å². The average molecular weight is 487 g/mol. The van der Waals surface area contributed by atoms with Crippen LogP contribution in [0.2, 0.25) is 0 Å². The van der Waals surface area contributed by atoms with Crippen molar-refractivity contribution in [2.45, 2.75) is 38.3 Å². The number of carbonyl (C=O) groups is 1. The molecule has 2 aromatic carbocycles. The second-order valence-electron chi connectivity index (χ2n) is 8.46. The lowest BCUT2D eigenvalue weighted by Crippen LogP contribution is -2.38. The molecule has 0 radical (unpaired) electrons. The molecule has 1 atom stereocenters. The van der Waals surface area contributed by atoms with Gasteiger partial charge in [-0.3, -0.25) is 4.79 Å². The van der Waals surface area contributed by atoms with Crippen LogP contribution in [0, 0.1) is 0 Å². The van der Waals surface area contributed by atoms with Crippen molar-refractivity contribution in [2.24, 2.45) is 0 Å². The minimum absolute atomic E-state index is 0.0108. The molecule has 184 valence electrons. The molecule has 5 rings (SSSR count). The van der Waals surface area contributed by atoms with Crippen molar-refractivity contribution >= 4 is 23.2 Å². The van der Waals surface area contributed by atoms with Crippen molar-refractivity contribution in [1.29, 1.82) is 0 Å². The third-order valence-corrected chi connectivity index (χ3v) is 6.42. The van der Waals surface area contributed by atoms with Gasteiger partial charge >= 0.3 is 0 Å². The lowest BCUT2D eigenvalue weighted by atomic mass is 9.90. The van der Waals surface area contributed by atoms with E-state index in [9.17, 15) is 9.90 Å². The number of ether oxygens (including phenoxy) is 1. The molecule has 1 aliphatic heterocycles. The fourth-order valence-corrected chi connectivity index (χ4v) is 4.30. The van der Waals surface area contributed by atoms with Crippen LogP contribution in [0.4, 0.5) is 17.5 Å². The van der Waals surface area contributed by atoms with Gasteiger partial charge in [-0.05, 0) is 30.5 Å². The Morgan fingerprint density at radius 3 is 2.58 bits per heavy atom. The summed E-state index contributed by atoms with van der Waals surface area (Å²) < 4.78 is 11.5. The molecule has 0 unspecified atom stereocenters. The van der Waals surface area contributed by atoms with Gasteiger partial charge in [-0.25, -0.2) is 4.98 Å². The number of rotatable bonds is 9. The maximum Gasteiger partial charge on any atom is 0.252 e. The second-order valence-corrected chi connectivity index (χ2v) is 8.46. The normalized spacial score (nSPS) is 14.7. The minimum Gasteiger partial charge on any atom is -0.478 e. The van der Waals surface area contributed by atoms with Gasteiger partial charge in [-0.2, -0.15) is 4.98 Å². The monoisotopic (exact) mass is 486 g/mol. The standard InChI is InChI=1S/C26H26N6O4/c1-3-26(4-2)22(34)18-11-10-17(12-21(18)36-26)29-25-27-13-19(24-32-28-15-35-24)23(31-25)30-20(14-33)16-8-6-5-7-9-16/h5-13,15,20,33H,3-4,14H2,1-2H3,(H2,27,29,30,31)/t20-/m1/s1. The summed E-state index contributed by atoms with van der Waals surface area (Å²) in [4.78, 5) is 21.9. The summed E-state index contributed by atoms with van der Waals surface area (Å²) in [6.45, 7) is 3.75. The summed E-state index contributed by atoms with van der Waals surface area (Å²) in [7, 11) is 0. The van der Waals surface area contributed by atoms with E-state index in [-0.39, 0.29) is 18.3 Å². The maximum atomic E-state index is 12.9. The van der Waals surface area contributed by atoms with Gasteiger partial charge in [-0.1, -0.05) is 44.2 Å². The van der Waals surface area contributed by atoms with Crippen molar-refractivity contribution in [1.82, 2.24) is 20.2 Å². The van der Waals surface area contributed by atoms with E-state index in [1.165, 1.54) is 6.39 Å². The number of hydrogen-bond donors (Lipinski definition) is 3. The molecule has 0 bridgehead atoms. The summed E-state index contributed by atoms with van der Waals surface area (Å²) in [5.41, 5.74) is 1.82. The molecule has 0 amide bonds. The first-order valence-electron chi connectivity index (χ1n) is 11.8. The van der Waals surface area contributed by atoms with Crippen LogP contribution in [-0.2, 0) is 0 Å². The zero-order valence-electron chi connectivity index (χ0n) is 19.9. The number of Topliss-reactive ketones (excluding diaryl/α,β-unsaturated/α-hetero) is 1. The SMILES string of the molecule is CCC1(CC)Oc2cc(Nc3ncc(-c4nnco4)c(N[C@H](CO)c4ccccc4)n3)ccc2C1=O. The molecule has 36 heavy (non-hydrogen) atoms. The molecule has 10 heteroatoms. The Balaban J connectivity index is 1.45. The van der Waals surface area contributed by atoms with E-state index in [1.54, 1.807) is 24.4 Å². The number of ketones is 1. The Bertz CT molecular complexity index is 1360. The van der Waals surface area contributed by atoms with Crippen LogP contribution in [-0.4, -0.2) is 43.3 Å². The number of anilines is 3. The fraction of sp³-hybridized carbons (Fsp3) is 0.269. The number of aliphatic hydroxyl groups excluding tert-OH is 1. The molecule has 0 aliphatic carbocycles. The maximum absolute atomic E-state index is 12.9. The van der Waals surface area contributed by atoms with Gasteiger partial charge in [0, 0.05) is 18.0 Å². The summed E-state index contributed by atoms with van der Waals surface area (Å²) in [6.07, 6.45) is 3.99. The molecule has 0 fully saturated rings. The van der Waals surface area contributed by atoms with Gasteiger partial charge in [0.15, 0.2) is 5.60 Å². The molecule has 0 saturated heterocycles. The highest BCUT2D eigenvalue weighted by atomic mass is 16.5. The van der Waals surface area contributed by atoms with Gasteiger partial charge in [0.2, 0.25) is 18.1 Å². The first kappa shape index (κ1) is 23.4. The summed E-state index contributed by atoms with van der Waals surface area (Å²) in [5, 5.41) is 24.2. The molecular weight excluding hydrogens is 460 g/mol. The van der Waals surface area contributed by atoms with Crippen LogP contribution in [0.25, 0.3) is 11.5 Å². The van der Waals surface area contributed by atoms with E-state index < -0.39 is 11.6 Å². The Morgan fingerprint density at radius 2 is 1.89 bits per heavy atom. The van der Waals surface area contributed by atoms with Crippen molar-refractivity contribution in [3.63, 3.8) is 0 Å². The number of carbonyl (C=O) groups excluding carboxylic acids is 1. The predicted molar refractivity (Wildman–Crippen MR) is 133 cm³/mol. The van der Waals surface area contributed by atoms with E-state index in [1.807, 2.05) is 44.2 Å². The molecule has 2 aromatic heterocycles. The van der Waals surface area contributed by atoms with Crippen molar-refractivity contribution < 1.29 is 19.1 Å². The first-order chi connectivity index (χ1) is 17.6. The summed E-state index contributed by atoms with van der Waals surface area (Å²) in [6, 6.07) is 14.5. The van der Waals surface area contributed by atoms with Gasteiger partial charge in [0.05, 0.1) is 23.8 Å². The van der Waals surface area contributed by atoms with Crippen molar-refractivity contribution in [3.8, 4) is 17.2 Å². The molecule has 1 aliphatic rings. The minimum atomic E-state index is -0.809. The Morgan fingerprint density at radius 1 is 1.08 bits per heavy atom. The topological polar surface area (TPSA) is 135 Å². The zero-order valence-corrected chi connectivity index (χ0v) is 19.9. The lowest BCUT2D eigenvalue weighted by molar-refractivity contribution is 0.0529. The zero-order chi connectivity index (χ0) is 25.1. The average Bonchev–Trinajstić information content (AvgIpc) is 3.54. The molecule has 10 nitrogen and oxygen atoms in total. The molecule has 0 spiro atoms. The number of nitrogens with zero attached hydrogens (tertiary/aromatic N) is 4. The Kier molecular flexibility index (Phi) is 6.34. The van der Waals surface area contributed by atoms with Gasteiger partial charge < -0.3 is 24.9 Å². The van der Waals surface area contributed by atoms with Crippen LogP contribution in [0.15, 0.2) is 65.5 Å². The van der Waals surface area contributed by atoms with Crippen LogP contribution in [0.3, 0.4) is 0 Å². The van der Waals surface area contributed by atoms with E-state index in [2.05, 4.69) is 30.8 Å². The summed E-state index contributed by atoms with van der Waals surface area (Å²) in [5.74, 6) is 1.50. The van der Waals surface area contributed by atoms with Crippen LogP contribution < -0.4 is 15.4 Å². The number of hydrogen-bond acceptors (Lipinski definition) is 10. The van der Waals surface area contributed by atoms with E-state index in [0.29, 0.717) is 47.2 Å². The number of aromatic nitrogens is 4. The van der Waals surface area contributed by atoms with Crippen molar-refractivity contribution in [2.75, 3.05) is 17.2 Å². The fourth-order valence-electron chi connectivity index (χ4n) is 4.30. The van der Waals surface area contributed by atoms with Gasteiger partial charge in [0.1, 0.15) is 11.6 Å². The van der Waals surface area contributed by atoms with E-state index in [4.69, 9.17) is 9.15 Å².